The maximum atomic E-state index is 12.8. The Bertz CT molecular complexity index is 913. The van der Waals surface area contributed by atoms with Crippen LogP contribution in [0.15, 0.2) is 48.5 Å². The summed E-state index contributed by atoms with van der Waals surface area (Å²) < 4.78 is 6.16. The van der Waals surface area contributed by atoms with Gasteiger partial charge >= 0.3 is 0 Å². The second-order valence-electron chi connectivity index (χ2n) is 9.72. The van der Waals surface area contributed by atoms with E-state index in [1.165, 1.54) is 30.4 Å². The molecule has 1 amide bonds. The average molecular weight is 419 g/mol. The Balaban J connectivity index is 1.13. The zero-order valence-corrected chi connectivity index (χ0v) is 18.6. The molecule has 2 aromatic carbocycles. The van der Waals surface area contributed by atoms with Crippen molar-refractivity contribution in [3.05, 3.63) is 70.8 Å². The molecule has 0 unspecified atom stereocenters. The van der Waals surface area contributed by atoms with Crippen LogP contribution in [-0.2, 0) is 35.5 Å². The molecule has 2 fully saturated rings. The van der Waals surface area contributed by atoms with E-state index in [-0.39, 0.29) is 12.0 Å². The largest absolute Gasteiger partial charge is 0.377 e. The predicted molar refractivity (Wildman–Crippen MR) is 123 cm³/mol. The van der Waals surface area contributed by atoms with Gasteiger partial charge in [-0.2, -0.15) is 0 Å². The molecule has 4 heteroatoms. The lowest BCUT2D eigenvalue weighted by Crippen LogP contribution is -2.42. The highest BCUT2D eigenvalue weighted by Gasteiger charge is 2.41. The fourth-order valence-electron chi connectivity index (χ4n) is 5.77. The summed E-state index contributed by atoms with van der Waals surface area (Å²) in [5, 5.41) is 0. The summed E-state index contributed by atoms with van der Waals surface area (Å²) in [6, 6.07) is 17.3. The van der Waals surface area contributed by atoms with Gasteiger partial charge in [-0.3, -0.25) is 9.69 Å². The highest BCUT2D eigenvalue weighted by atomic mass is 16.5. The van der Waals surface area contributed by atoms with E-state index in [2.05, 4.69) is 35.2 Å². The second-order valence-corrected chi connectivity index (χ2v) is 9.72. The molecule has 2 saturated heterocycles. The van der Waals surface area contributed by atoms with Gasteiger partial charge in [0.1, 0.15) is 0 Å². The lowest BCUT2D eigenvalue weighted by Gasteiger charge is -2.36. The number of hydrogen-bond donors (Lipinski definition) is 0. The Labute approximate surface area is 186 Å². The van der Waals surface area contributed by atoms with Crippen molar-refractivity contribution in [3.8, 4) is 0 Å². The molecule has 1 aliphatic carbocycles. The van der Waals surface area contributed by atoms with E-state index < -0.39 is 0 Å². The maximum Gasteiger partial charge on any atom is 0.225 e. The van der Waals surface area contributed by atoms with Gasteiger partial charge in [0.25, 0.3) is 0 Å². The zero-order chi connectivity index (χ0) is 21.2. The monoisotopic (exact) mass is 418 g/mol. The van der Waals surface area contributed by atoms with Crippen molar-refractivity contribution in [2.45, 2.75) is 51.3 Å². The van der Waals surface area contributed by atoms with Crippen molar-refractivity contribution in [2.75, 3.05) is 26.7 Å². The molecule has 164 valence electrons. The normalized spacial score (nSPS) is 25.3. The van der Waals surface area contributed by atoms with Crippen molar-refractivity contribution in [1.82, 2.24) is 9.80 Å². The first-order valence-corrected chi connectivity index (χ1v) is 11.9. The first-order valence-electron chi connectivity index (χ1n) is 11.9. The van der Waals surface area contributed by atoms with E-state index in [9.17, 15) is 4.79 Å². The van der Waals surface area contributed by atoms with Crippen LogP contribution >= 0.6 is 0 Å². The van der Waals surface area contributed by atoms with Crippen LogP contribution in [0.3, 0.4) is 0 Å². The van der Waals surface area contributed by atoms with Crippen LogP contribution in [-0.4, -0.2) is 48.6 Å². The van der Waals surface area contributed by atoms with Crippen LogP contribution in [0.25, 0.3) is 0 Å². The Kier molecular flexibility index (Phi) is 6.10. The molecule has 0 bridgehead atoms. The highest BCUT2D eigenvalue weighted by Crippen LogP contribution is 2.36. The molecule has 0 saturated carbocycles. The van der Waals surface area contributed by atoms with Crippen molar-refractivity contribution < 1.29 is 9.53 Å². The fraction of sp³-hybridized carbons (Fsp3) is 0.519. The zero-order valence-electron chi connectivity index (χ0n) is 18.6. The molecule has 4 nitrogen and oxygen atoms in total. The second kappa shape index (κ2) is 9.13. The van der Waals surface area contributed by atoms with Crippen molar-refractivity contribution in [1.29, 1.82) is 0 Å². The van der Waals surface area contributed by atoms with Gasteiger partial charge < -0.3 is 9.64 Å². The summed E-state index contributed by atoms with van der Waals surface area (Å²) in [7, 11) is 1.90. The molecule has 0 radical (unpaired) electrons. The molecular formula is C27H34N2O2. The third-order valence-corrected chi connectivity index (χ3v) is 7.51. The molecule has 5 rings (SSSR count). The number of aryl methyl sites for hydroxylation is 2. The topological polar surface area (TPSA) is 32.8 Å². The quantitative estimate of drug-likeness (QED) is 0.709. The smallest absolute Gasteiger partial charge is 0.225 e. The molecule has 3 atom stereocenters. The van der Waals surface area contributed by atoms with Crippen molar-refractivity contribution >= 4 is 5.91 Å². The minimum atomic E-state index is 0.0814. The van der Waals surface area contributed by atoms with E-state index in [1.54, 1.807) is 11.1 Å². The van der Waals surface area contributed by atoms with Gasteiger partial charge in [-0.25, -0.2) is 0 Å². The SMILES string of the molecule is CN(Cc1ccccc1)C(=O)C[C@@H]1OC[C@H]2CN(Cc3ccc4c(c3)CCC4)CC[C@H]21. The molecule has 2 heterocycles. The summed E-state index contributed by atoms with van der Waals surface area (Å²) >= 11 is 0. The number of likely N-dealkylation sites (tertiary alicyclic amines) is 1. The number of fused-ring (bicyclic) bond motifs is 2. The number of nitrogens with zero attached hydrogens (tertiary/aromatic N) is 2. The minimum absolute atomic E-state index is 0.0814. The summed E-state index contributed by atoms with van der Waals surface area (Å²) in [5.74, 6) is 1.26. The molecule has 2 aromatic rings. The van der Waals surface area contributed by atoms with Crippen LogP contribution in [0.5, 0.6) is 0 Å². The van der Waals surface area contributed by atoms with Gasteiger partial charge in [0.05, 0.1) is 19.1 Å². The van der Waals surface area contributed by atoms with E-state index in [4.69, 9.17) is 4.74 Å². The number of benzene rings is 2. The standard InChI is InChI=1S/C27H34N2O2/c1-28(16-20-6-3-2-4-7-20)27(30)15-26-25-12-13-29(18-24(25)19-31-26)17-21-10-11-22-8-5-9-23(22)14-21/h2-4,6-7,10-11,14,24-26H,5,8-9,12-13,15-19H2,1H3/t24-,25-,26+/m1/s1. The van der Waals surface area contributed by atoms with E-state index in [1.807, 2.05) is 30.1 Å². The molecule has 3 aliphatic rings. The molecule has 2 aliphatic heterocycles. The van der Waals surface area contributed by atoms with Crippen LogP contribution in [0, 0.1) is 11.8 Å². The Morgan fingerprint density at radius 1 is 1.10 bits per heavy atom. The Morgan fingerprint density at radius 2 is 1.94 bits per heavy atom. The van der Waals surface area contributed by atoms with Gasteiger partial charge in [0.15, 0.2) is 0 Å². The summed E-state index contributed by atoms with van der Waals surface area (Å²) in [4.78, 5) is 17.2. The third-order valence-electron chi connectivity index (χ3n) is 7.51. The number of hydrogen-bond acceptors (Lipinski definition) is 3. The number of carbonyl (C=O) groups is 1. The Hall–Kier alpha value is -2.17. The van der Waals surface area contributed by atoms with E-state index in [0.717, 1.165) is 32.7 Å². The third kappa shape index (κ3) is 4.70. The number of piperidine rings is 1. The number of carbonyl (C=O) groups excluding carboxylic acids is 1. The lowest BCUT2D eigenvalue weighted by atomic mass is 9.83. The Morgan fingerprint density at radius 3 is 2.81 bits per heavy atom. The van der Waals surface area contributed by atoms with Crippen LogP contribution in [0.1, 0.15) is 41.5 Å². The van der Waals surface area contributed by atoms with Crippen LogP contribution in [0.2, 0.25) is 0 Å². The van der Waals surface area contributed by atoms with Gasteiger partial charge in [0.2, 0.25) is 5.91 Å². The molecule has 0 aromatic heterocycles. The predicted octanol–water partition coefficient (Wildman–Crippen LogP) is 4.06. The highest BCUT2D eigenvalue weighted by molar-refractivity contribution is 5.76. The van der Waals surface area contributed by atoms with Gasteiger partial charge in [-0.05, 0) is 60.4 Å². The first kappa shape index (κ1) is 20.7. The van der Waals surface area contributed by atoms with Crippen molar-refractivity contribution in [3.63, 3.8) is 0 Å². The molecule has 0 spiro atoms. The summed E-state index contributed by atoms with van der Waals surface area (Å²) in [6.07, 6.45) is 5.53. The fourth-order valence-corrected chi connectivity index (χ4v) is 5.77. The summed E-state index contributed by atoms with van der Waals surface area (Å²) in [6.45, 7) is 4.69. The number of rotatable bonds is 6. The van der Waals surface area contributed by atoms with E-state index in [0.29, 0.717) is 24.8 Å². The van der Waals surface area contributed by atoms with Crippen LogP contribution in [0.4, 0.5) is 0 Å². The van der Waals surface area contributed by atoms with Gasteiger partial charge in [0, 0.05) is 32.6 Å². The number of ether oxygens (including phenoxy) is 1. The van der Waals surface area contributed by atoms with Crippen molar-refractivity contribution in [2.24, 2.45) is 11.8 Å². The van der Waals surface area contributed by atoms with Gasteiger partial charge in [-0.1, -0.05) is 48.5 Å². The lowest BCUT2D eigenvalue weighted by molar-refractivity contribution is -0.133. The number of amides is 1. The molecule has 31 heavy (non-hydrogen) atoms. The molecular weight excluding hydrogens is 384 g/mol. The summed E-state index contributed by atoms with van der Waals surface area (Å²) in [5.41, 5.74) is 5.74. The van der Waals surface area contributed by atoms with E-state index >= 15 is 0 Å². The minimum Gasteiger partial charge on any atom is -0.377 e. The molecule has 0 N–H and O–H groups in total. The average Bonchev–Trinajstić information content (AvgIpc) is 3.41. The maximum absolute atomic E-state index is 12.8. The van der Waals surface area contributed by atoms with Crippen LogP contribution < -0.4 is 0 Å². The van der Waals surface area contributed by atoms with Gasteiger partial charge in [-0.15, -0.1) is 0 Å². The first-order chi connectivity index (χ1) is 15.2.